The third-order valence-corrected chi connectivity index (χ3v) is 7.73. The van der Waals surface area contributed by atoms with Gasteiger partial charge in [0.2, 0.25) is 0 Å². The molecule has 5 heteroatoms. The molecule has 1 unspecified atom stereocenters. The monoisotopic (exact) mass is 418 g/mol. The number of rotatable bonds is 3. The molecule has 4 heterocycles. The minimum Gasteiger partial charge on any atom is -0.368 e. The summed E-state index contributed by atoms with van der Waals surface area (Å²) in [5, 5.41) is 3.45. The maximum absolute atomic E-state index is 13.1. The number of anilines is 1. The predicted octanol–water partition coefficient (Wildman–Crippen LogP) is 4.06. The lowest BCUT2D eigenvalue weighted by molar-refractivity contribution is 0.153. The van der Waals surface area contributed by atoms with E-state index in [4.69, 9.17) is 0 Å². The molecule has 4 saturated heterocycles. The van der Waals surface area contributed by atoms with Gasteiger partial charge < -0.3 is 20.0 Å². The van der Waals surface area contributed by atoms with Crippen molar-refractivity contribution in [2.45, 2.75) is 31.7 Å². The van der Waals surface area contributed by atoms with Gasteiger partial charge in [-0.05, 0) is 68.5 Å². The summed E-state index contributed by atoms with van der Waals surface area (Å²) in [6.45, 7) is 9.08. The molecule has 2 aromatic rings. The van der Waals surface area contributed by atoms with Crippen LogP contribution in [0.5, 0.6) is 0 Å². The van der Waals surface area contributed by atoms with E-state index < -0.39 is 0 Å². The van der Waals surface area contributed by atoms with Crippen LogP contribution in [-0.4, -0.2) is 67.2 Å². The first-order chi connectivity index (χ1) is 15.1. The first-order valence-corrected chi connectivity index (χ1v) is 11.8. The number of urea groups is 1. The van der Waals surface area contributed by atoms with Crippen LogP contribution in [0, 0.1) is 5.92 Å². The van der Waals surface area contributed by atoms with Crippen LogP contribution in [0.1, 0.15) is 26.2 Å². The first-order valence-electron chi connectivity index (χ1n) is 11.8. The molecule has 1 atom stereocenters. The van der Waals surface area contributed by atoms with E-state index in [0.29, 0.717) is 5.92 Å². The minimum absolute atomic E-state index is 0.0628. The lowest BCUT2D eigenvalue weighted by Gasteiger charge is -2.41. The average Bonchev–Trinajstić information content (AvgIpc) is 3.08. The molecule has 0 radical (unpaired) electrons. The number of piperazine rings is 1. The van der Waals surface area contributed by atoms with Crippen LogP contribution in [0.3, 0.4) is 0 Å². The first kappa shape index (κ1) is 20.4. The van der Waals surface area contributed by atoms with Gasteiger partial charge >= 0.3 is 6.03 Å². The molecule has 2 bridgehead atoms. The van der Waals surface area contributed by atoms with Gasteiger partial charge in [-0.2, -0.15) is 0 Å². The second-order valence-corrected chi connectivity index (χ2v) is 9.60. The van der Waals surface area contributed by atoms with E-state index in [2.05, 4.69) is 70.6 Å². The van der Waals surface area contributed by atoms with E-state index in [9.17, 15) is 4.79 Å². The zero-order chi connectivity index (χ0) is 21.3. The fourth-order valence-electron chi connectivity index (χ4n) is 5.54. The molecule has 0 saturated carbocycles. The number of hydrogen-bond acceptors (Lipinski definition) is 3. The summed E-state index contributed by atoms with van der Waals surface area (Å²) >= 11 is 0. The fourth-order valence-corrected chi connectivity index (χ4v) is 5.54. The Morgan fingerprint density at radius 2 is 1.48 bits per heavy atom. The van der Waals surface area contributed by atoms with Crippen LogP contribution >= 0.6 is 0 Å². The van der Waals surface area contributed by atoms with Crippen LogP contribution in [-0.2, 0) is 0 Å². The van der Waals surface area contributed by atoms with Crippen LogP contribution in [0.25, 0.3) is 11.1 Å². The molecule has 2 aromatic carbocycles. The molecule has 6 rings (SSSR count). The fraction of sp³-hybridized carbons (Fsp3) is 0.500. The quantitative estimate of drug-likeness (QED) is 0.817. The Kier molecular flexibility index (Phi) is 5.61. The van der Waals surface area contributed by atoms with Gasteiger partial charge in [0.25, 0.3) is 0 Å². The Labute approximate surface area is 186 Å². The van der Waals surface area contributed by atoms with Gasteiger partial charge in [-0.3, -0.25) is 0 Å². The zero-order valence-corrected chi connectivity index (χ0v) is 18.6. The second kappa shape index (κ2) is 8.54. The van der Waals surface area contributed by atoms with Crippen molar-refractivity contribution in [1.29, 1.82) is 0 Å². The number of carbonyl (C=O) groups is 1. The summed E-state index contributed by atoms with van der Waals surface area (Å²) in [6, 6.07) is 19.4. The van der Waals surface area contributed by atoms with Gasteiger partial charge in [0.15, 0.2) is 0 Å². The van der Waals surface area contributed by atoms with Crippen LogP contribution in [0.2, 0.25) is 0 Å². The summed E-state index contributed by atoms with van der Waals surface area (Å²) in [5.74, 6) is 0.611. The molecule has 5 nitrogen and oxygen atoms in total. The second-order valence-electron chi connectivity index (χ2n) is 9.60. The number of nitrogens with zero attached hydrogens (tertiary/aromatic N) is 3. The van der Waals surface area contributed by atoms with Gasteiger partial charge in [0, 0.05) is 44.0 Å². The van der Waals surface area contributed by atoms with Crippen molar-refractivity contribution in [2.75, 3.05) is 50.7 Å². The van der Waals surface area contributed by atoms with Crippen molar-refractivity contribution < 1.29 is 4.79 Å². The van der Waals surface area contributed by atoms with Crippen molar-refractivity contribution in [3.05, 3.63) is 54.6 Å². The molecule has 0 spiro atoms. The lowest BCUT2D eigenvalue weighted by Crippen LogP contribution is -2.58. The normalized spacial score (nSPS) is 28.3. The Hall–Kier alpha value is -2.53. The van der Waals surface area contributed by atoms with E-state index in [0.717, 1.165) is 39.1 Å². The summed E-state index contributed by atoms with van der Waals surface area (Å²) in [6.07, 6.45) is 3.49. The predicted molar refractivity (Wildman–Crippen MR) is 126 cm³/mol. The molecule has 4 aliphatic rings. The van der Waals surface area contributed by atoms with Gasteiger partial charge in [-0.25, -0.2) is 4.79 Å². The molecular weight excluding hydrogens is 384 g/mol. The maximum atomic E-state index is 13.1. The highest BCUT2D eigenvalue weighted by Gasteiger charge is 2.41. The lowest BCUT2D eigenvalue weighted by atomic mass is 9.79. The Bertz CT molecular complexity index is 883. The highest BCUT2D eigenvalue weighted by Crippen LogP contribution is 2.35. The smallest absolute Gasteiger partial charge is 0.317 e. The largest absolute Gasteiger partial charge is 0.368 e. The highest BCUT2D eigenvalue weighted by atomic mass is 16.2. The summed E-state index contributed by atoms with van der Waals surface area (Å²) < 4.78 is 0. The maximum Gasteiger partial charge on any atom is 0.317 e. The summed E-state index contributed by atoms with van der Waals surface area (Å²) in [4.78, 5) is 20.0. The summed E-state index contributed by atoms with van der Waals surface area (Å²) in [5.41, 5.74) is 3.66. The number of hydrogen-bond donors (Lipinski definition) is 1. The Balaban J connectivity index is 1.17. The molecule has 0 aliphatic carbocycles. The van der Waals surface area contributed by atoms with Crippen molar-refractivity contribution in [3.63, 3.8) is 0 Å². The topological polar surface area (TPSA) is 38.8 Å². The molecule has 4 aliphatic heterocycles. The molecule has 31 heavy (non-hydrogen) atoms. The number of fused-ring (bicyclic) bond motifs is 4. The molecule has 1 N–H and O–H groups in total. The third-order valence-electron chi connectivity index (χ3n) is 7.73. The van der Waals surface area contributed by atoms with Crippen LogP contribution < -0.4 is 10.2 Å². The van der Waals surface area contributed by atoms with Gasteiger partial charge in [-0.1, -0.05) is 42.5 Å². The third kappa shape index (κ3) is 4.29. The average molecular weight is 419 g/mol. The molecule has 4 fully saturated rings. The Morgan fingerprint density at radius 3 is 2.16 bits per heavy atom. The number of carbonyl (C=O) groups excluding carboxylic acids is 1. The van der Waals surface area contributed by atoms with E-state index in [1.54, 1.807) is 0 Å². The van der Waals surface area contributed by atoms with Gasteiger partial charge in [0.1, 0.15) is 0 Å². The van der Waals surface area contributed by atoms with Gasteiger partial charge in [0.05, 0.1) is 0 Å². The van der Waals surface area contributed by atoms with E-state index >= 15 is 0 Å². The molecular formula is C26H34N4O. The zero-order valence-electron chi connectivity index (χ0n) is 18.6. The number of piperidine rings is 1. The minimum atomic E-state index is -0.0628. The number of amides is 2. The van der Waals surface area contributed by atoms with Crippen molar-refractivity contribution in [3.8, 4) is 11.1 Å². The highest BCUT2D eigenvalue weighted by molar-refractivity contribution is 5.75. The number of benzene rings is 2. The van der Waals surface area contributed by atoms with E-state index in [1.165, 1.54) is 42.7 Å². The molecule has 164 valence electrons. The van der Waals surface area contributed by atoms with E-state index in [1.807, 2.05) is 11.0 Å². The number of nitrogens with one attached hydrogen (secondary N) is 1. The van der Waals surface area contributed by atoms with Gasteiger partial charge in [-0.15, -0.1) is 0 Å². The van der Waals surface area contributed by atoms with Crippen molar-refractivity contribution in [2.24, 2.45) is 5.92 Å². The van der Waals surface area contributed by atoms with Crippen molar-refractivity contribution in [1.82, 2.24) is 15.1 Å². The summed E-state index contributed by atoms with van der Waals surface area (Å²) in [7, 11) is 0. The van der Waals surface area contributed by atoms with Crippen LogP contribution in [0.4, 0.5) is 10.5 Å². The van der Waals surface area contributed by atoms with E-state index in [-0.39, 0.29) is 11.6 Å². The van der Waals surface area contributed by atoms with Crippen molar-refractivity contribution >= 4 is 11.7 Å². The molecule has 0 aromatic heterocycles. The standard InChI is InChI=1S/C26H34N4O/c1-26(13-16-28-14-11-23(26)12-15-28)27-25(31)30-19-17-29(18-20-30)24-9-7-22(8-10-24)21-5-3-2-4-6-21/h2-10,23H,11-20H2,1H3,(H,27,31). The Morgan fingerprint density at radius 1 is 0.839 bits per heavy atom. The molecule has 2 amide bonds. The van der Waals surface area contributed by atoms with Crippen LogP contribution in [0.15, 0.2) is 54.6 Å². The SMILES string of the molecule is CC1(NC(=O)N2CCN(c3ccc(-c4ccccc4)cc3)CC2)CCN2CCC1CC2.